The Bertz CT molecular complexity index is 303. The number of carbonyl (C=O) groups is 1. The second-order valence-electron chi connectivity index (χ2n) is 6.00. The van der Waals surface area contributed by atoms with Gasteiger partial charge in [0.1, 0.15) is 0 Å². The lowest BCUT2D eigenvalue weighted by Crippen LogP contribution is -2.56. The fourth-order valence-corrected chi connectivity index (χ4v) is 3.21. The Kier molecular flexibility index (Phi) is 3.85. The maximum absolute atomic E-state index is 12.1. The minimum absolute atomic E-state index is 0.355. The fraction of sp³-hybridized carbons (Fsp3) is 0.929. The summed E-state index contributed by atoms with van der Waals surface area (Å²) in [6.07, 6.45) is 7.25. The van der Waals surface area contributed by atoms with Gasteiger partial charge in [0.15, 0.2) is 0 Å². The van der Waals surface area contributed by atoms with Crippen LogP contribution in [0.5, 0.6) is 0 Å². The number of nitrogens with zero attached hydrogens (tertiary/aromatic N) is 2. The lowest BCUT2D eigenvalue weighted by atomic mass is 9.99. The molecule has 0 spiro atoms. The fourth-order valence-electron chi connectivity index (χ4n) is 3.21. The van der Waals surface area contributed by atoms with E-state index in [0.29, 0.717) is 24.4 Å². The van der Waals surface area contributed by atoms with Crippen molar-refractivity contribution >= 4 is 5.91 Å². The van der Waals surface area contributed by atoms with Crippen LogP contribution < -0.4 is 5.32 Å². The third-order valence-electron chi connectivity index (χ3n) is 4.54. The lowest BCUT2D eigenvalue weighted by Gasteiger charge is -2.44. The highest BCUT2D eigenvalue weighted by atomic mass is 16.2. The van der Waals surface area contributed by atoms with Crippen molar-refractivity contribution in [1.82, 2.24) is 15.1 Å². The largest absolute Gasteiger partial charge is 0.340 e. The minimum atomic E-state index is 0.355. The molecule has 1 unspecified atom stereocenters. The molecule has 1 amide bonds. The Balaban J connectivity index is 1.42. The molecule has 1 saturated carbocycles. The first-order valence-electron chi connectivity index (χ1n) is 7.58. The summed E-state index contributed by atoms with van der Waals surface area (Å²) in [7, 11) is 0. The van der Waals surface area contributed by atoms with Crippen LogP contribution in [0.3, 0.4) is 0 Å². The van der Waals surface area contributed by atoms with Gasteiger partial charge in [-0.3, -0.25) is 9.69 Å². The van der Waals surface area contributed by atoms with Gasteiger partial charge in [-0.05, 0) is 32.2 Å². The van der Waals surface area contributed by atoms with Gasteiger partial charge in [-0.1, -0.05) is 6.42 Å². The van der Waals surface area contributed by atoms with Crippen molar-refractivity contribution in [2.45, 2.75) is 50.6 Å². The summed E-state index contributed by atoms with van der Waals surface area (Å²) >= 11 is 0. The highest BCUT2D eigenvalue weighted by Crippen LogP contribution is 2.21. The van der Waals surface area contributed by atoms with Gasteiger partial charge in [-0.25, -0.2) is 0 Å². The molecular weight excluding hydrogens is 226 g/mol. The molecular formula is C14H25N3O. The van der Waals surface area contributed by atoms with Crippen LogP contribution in [0.15, 0.2) is 0 Å². The highest BCUT2D eigenvalue weighted by molar-refractivity contribution is 5.76. The Morgan fingerprint density at radius 2 is 2.00 bits per heavy atom. The third-order valence-corrected chi connectivity index (χ3v) is 4.54. The van der Waals surface area contributed by atoms with Gasteiger partial charge in [0.25, 0.3) is 0 Å². The van der Waals surface area contributed by atoms with Gasteiger partial charge in [0.2, 0.25) is 5.91 Å². The number of carbonyl (C=O) groups excluding carboxylic acids is 1. The van der Waals surface area contributed by atoms with E-state index in [0.717, 1.165) is 26.2 Å². The van der Waals surface area contributed by atoms with E-state index in [9.17, 15) is 4.79 Å². The van der Waals surface area contributed by atoms with Crippen molar-refractivity contribution in [1.29, 1.82) is 0 Å². The Morgan fingerprint density at radius 1 is 1.11 bits per heavy atom. The first-order chi connectivity index (χ1) is 8.83. The summed E-state index contributed by atoms with van der Waals surface area (Å²) < 4.78 is 0. The summed E-state index contributed by atoms with van der Waals surface area (Å²) in [5.74, 6) is 0.355. The van der Waals surface area contributed by atoms with Gasteiger partial charge < -0.3 is 10.2 Å². The van der Waals surface area contributed by atoms with Crippen LogP contribution >= 0.6 is 0 Å². The second kappa shape index (κ2) is 5.57. The molecule has 102 valence electrons. The summed E-state index contributed by atoms with van der Waals surface area (Å²) in [4.78, 5) is 16.8. The molecule has 0 aromatic carbocycles. The summed E-state index contributed by atoms with van der Waals surface area (Å²) in [5, 5.41) is 3.42. The minimum Gasteiger partial charge on any atom is -0.340 e. The predicted molar refractivity (Wildman–Crippen MR) is 71.4 cm³/mol. The zero-order chi connectivity index (χ0) is 12.4. The van der Waals surface area contributed by atoms with Crippen molar-refractivity contribution < 1.29 is 4.79 Å². The number of nitrogens with one attached hydrogen (secondary N) is 1. The van der Waals surface area contributed by atoms with Crippen LogP contribution in [0.4, 0.5) is 0 Å². The monoisotopic (exact) mass is 251 g/mol. The summed E-state index contributed by atoms with van der Waals surface area (Å²) in [6.45, 7) is 5.12. The predicted octanol–water partition coefficient (Wildman–Crippen LogP) is 0.825. The Labute approximate surface area is 110 Å². The molecule has 2 saturated heterocycles. The van der Waals surface area contributed by atoms with Crippen molar-refractivity contribution in [2.75, 3.05) is 32.7 Å². The molecule has 1 aliphatic carbocycles. The normalized spacial score (nSPS) is 29.1. The average Bonchev–Trinajstić information content (AvgIpc) is 3.22. The lowest BCUT2D eigenvalue weighted by molar-refractivity contribution is -0.134. The van der Waals surface area contributed by atoms with Gasteiger partial charge in [-0.2, -0.15) is 0 Å². The number of rotatable bonds is 4. The number of amides is 1. The average molecular weight is 251 g/mol. The zero-order valence-electron chi connectivity index (χ0n) is 11.2. The van der Waals surface area contributed by atoms with Crippen molar-refractivity contribution in [3.8, 4) is 0 Å². The standard InChI is InChI=1S/C14H25N3O/c18-14(6-7-15-12-4-5-12)17-10-9-16-8-2-1-3-13(16)11-17/h12-13,15H,1-11H2. The first-order valence-corrected chi connectivity index (χ1v) is 7.58. The molecule has 0 bridgehead atoms. The van der Waals surface area contributed by atoms with E-state index in [1.165, 1.54) is 38.6 Å². The molecule has 0 radical (unpaired) electrons. The molecule has 1 N–H and O–H groups in total. The van der Waals surface area contributed by atoms with Crippen LogP contribution in [0.1, 0.15) is 38.5 Å². The van der Waals surface area contributed by atoms with Crippen molar-refractivity contribution in [2.24, 2.45) is 0 Å². The Morgan fingerprint density at radius 3 is 2.83 bits per heavy atom. The van der Waals surface area contributed by atoms with Gasteiger partial charge in [-0.15, -0.1) is 0 Å². The molecule has 4 heteroatoms. The van der Waals surface area contributed by atoms with Crippen LogP contribution in [0.2, 0.25) is 0 Å². The number of fused-ring (bicyclic) bond motifs is 1. The molecule has 18 heavy (non-hydrogen) atoms. The topological polar surface area (TPSA) is 35.6 Å². The van der Waals surface area contributed by atoms with Crippen LogP contribution in [0, 0.1) is 0 Å². The quantitative estimate of drug-likeness (QED) is 0.804. The van der Waals surface area contributed by atoms with Gasteiger partial charge in [0, 0.05) is 44.7 Å². The number of piperazine rings is 1. The smallest absolute Gasteiger partial charge is 0.223 e. The second-order valence-corrected chi connectivity index (χ2v) is 6.00. The van der Waals surface area contributed by atoms with Crippen molar-refractivity contribution in [3.63, 3.8) is 0 Å². The molecule has 4 nitrogen and oxygen atoms in total. The van der Waals surface area contributed by atoms with Gasteiger partial charge >= 0.3 is 0 Å². The van der Waals surface area contributed by atoms with E-state index in [4.69, 9.17) is 0 Å². The molecule has 0 aromatic heterocycles. The molecule has 1 atom stereocenters. The van der Waals surface area contributed by atoms with Crippen LogP contribution in [-0.4, -0.2) is 60.5 Å². The molecule has 3 fully saturated rings. The molecule has 3 aliphatic rings. The van der Waals surface area contributed by atoms with E-state index in [-0.39, 0.29) is 0 Å². The number of hydrogen-bond donors (Lipinski definition) is 1. The van der Waals surface area contributed by atoms with E-state index in [2.05, 4.69) is 15.1 Å². The third kappa shape index (κ3) is 3.04. The van der Waals surface area contributed by atoms with Gasteiger partial charge in [0.05, 0.1) is 0 Å². The molecule has 2 aliphatic heterocycles. The maximum Gasteiger partial charge on any atom is 0.223 e. The Hall–Kier alpha value is -0.610. The zero-order valence-corrected chi connectivity index (χ0v) is 11.2. The SMILES string of the molecule is O=C(CCNC1CC1)N1CCN2CCCCC2C1. The van der Waals surface area contributed by atoms with Crippen LogP contribution in [0.25, 0.3) is 0 Å². The number of piperidine rings is 1. The number of hydrogen-bond acceptors (Lipinski definition) is 3. The van der Waals surface area contributed by atoms with E-state index in [1.54, 1.807) is 0 Å². The maximum atomic E-state index is 12.1. The summed E-state index contributed by atoms with van der Waals surface area (Å²) in [5.41, 5.74) is 0. The van der Waals surface area contributed by atoms with E-state index < -0.39 is 0 Å². The molecule has 3 rings (SSSR count). The summed E-state index contributed by atoms with van der Waals surface area (Å²) in [6, 6.07) is 1.36. The van der Waals surface area contributed by atoms with E-state index >= 15 is 0 Å². The molecule has 2 heterocycles. The highest BCUT2D eigenvalue weighted by Gasteiger charge is 2.30. The molecule has 0 aromatic rings. The van der Waals surface area contributed by atoms with Crippen LogP contribution in [-0.2, 0) is 4.79 Å². The van der Waals surface area contributed by atoms with Crippen molar-refractivity contribution in [3.05, 3.63) is 0 Å². The first kappa shape index (κ1) is 12.4. The van der Waals surface area contributed by atoms with E-state index in [1.807, 2.05) is 0 Å².